The molecule has 1 aliphatic heterocycles. The van der Waals surface area contributed by atoms with Crippen molar-refractivity contribution in [3.8, 4) is 5.75 Å². The summed E-state index contributed by atoms with van der Waals surface area (Å²) in [6.07, 6.45) is 3.63. The molecule has 4 rings (SSSR count). The number of nitrogens with zero attached hydrogens (tertiary/aromatic N) is 1. The number of ether oxygens (including phenoxy) is 1. The number of nitrogens with one attached hydrogen (secondary N) is 1. The first kappa shape index (κ1) is 24.0. The Balaban J connectivity index is 1.32. The molecule has 1 saturated heterocycles. The fourth-order valence-electron chi connectivity index (χ4n) is 3.29. The monoisotopic (exact) mass is 508 g/mol. The Morgan fingerprint density at radius 2 is 1.74 bits per heavy atom. The van der Waals surface area contributed by atoms with Gasteiger partial charge in [0.15, 0.2) is 4.32 Å². The van der Waals surface area contributed by atoms with E-state index in [2.05, 4.69) is 17.6 Å². The van der Waals surface area contributed by atoms with E-state index in [0.29, 0.717) is 16.5 Å². The highest BCUT2D eigenvalue weighted by atomic mass is 35.5. The van der Waals surface area contributed by atoms with Crippen LogP contribution >= 0.6 is 35.6 Å². The molecule has 0 unspecified atom stereocenters. The third kappa shape index (κ3) is 6.05. The summed E-state index contributed by atoms with van der Waals surface area (Å²) in [6.45, 7) is 0.623. The summed E-state index contributed by atoms with van der Waals surface area (Å²) < 4.78 is 6.07. The van der Waals surface area contributed by atoms with E-state index in [0.717, 1.165) is 40.9 Å². The highest BCUT2D eigenvalue weighted by Gasteiger charge is 2.34. The molecule has 0 radical (unpaired) electrons. The maximum atomic E-state index is 12.8. The minimum absolute atomic E-state index is 0.245. The topological polar surface area (TPSA) is 58.6 Å². The Bertz CT molecular complexity index is 1230. The van der Waals surface area contributed by atoms with Crippen LogP contribution in [0.1, 0.15) is 27.9 Å². The zero-order valence-corrected chi connectivity index (χ0v) is 20.5. The molecular formula is C26H21ClN2O3S2. The molecule has 0 atom stereocenters. The van der Waals surface area contributed by atoms with E-state index < -0.39 is 11.8 Å². The number of hydrazine groups is 1. The Kier molecular flexibility index (Phi) is 8.00. The van der Waals surface area contributed by atoms with E-state index in [1.807, 2.05) is 42.5 Å². The van der Waals surface area contributed by atoms with Gasteiger partial charge in [0.25, 0.3) is 11.8 Å². The third-order valence-electron chi connectivity index (χ3n) is 5.02. The quantitative estimate of drug-likeness (QED) is 0.233. The molecule has 1 N–H and O–H groups in total. The Hall–Kier alpha value is -3.13. The van der Waals surface area contributed by atoms with Crippen molar-refractivity contribution in [3.05, 3.63) is 105 Å². The maximum absolute atomic E-state index is 12.8. The van der Waals surface area contributed by atoms with Gasteiger partial charge in [0.1, 0.15) is 5.75 Å². The Labute approximate surface area is 212 Å². The van der Waals surface area contributed by atoms with Crippen LogP contribution in [0.4, 0.5) is 0 Å². The molecule has 0 spiro atoms. The molecule has 0 aromatic heterocycles. The van der Waals surface area contributed by atoms with Crippen molar-refractivity contribution in [1.82, 2.24) is 10.4 Å². The van der Waals surface area contributed by atoms with Gasteiger partial charge in [-0.3, -0.25) is 15.0 Å². The van der Waals surface area contributed by atoms with Gasteiger partial charge in [-0.1, -0.05) is 78.0 Å². The molecule has 3 aromatic rings. The van der Waals surface area contributed by atoms with E-state index in [-0.39, 0.29) is 9.88 Å². The van der Waals surface area contributed by atoms with E-state index in [4.69, 9.17) is 28.6 Å². The van der Waals surface area contributed by atoms with Crippen molar-refractivity contribution in [2.45, 2.75) is 12.8 Å². The number of thioether (sulfide) groups is 1. The van der Waals surface area contributed by atoms with Crippen molar-refractivity contribution in [2.75, 3.05) is 6.61 Å². The number of rotatable bonds is 8. The first-order chi connectivity index (χ1) is 16.5. The van der Waals surface area contributed by atoms with Gasteiger partial charge >= 0.3 is 0 Å². The first-order valence-electron chi connectivity index (χ1n) is 10.6. The molecule has 0 saturated carbocycles. The maximum Gasteiger partial charge on any atom is 0.285 e. The molecule has 3 aromatic carbocycles. The van der Waals surface area contributed by atoms with Gasteiger partial charge in [-0.05, 0) is 66.5 Å². The summed E-state index contributed by atoms with van der Waals surface area (Å²) >= 11 is 12.5. The highest BCUT2D eigenvalue weighted by molar-refractivity contribution is 8.26. The van der Waals surface area contributed by atoms with E-state index in [9.17, 15) is 9.59 Å². The highest BCUT2D eigenvalue weighted by Crippen LogP contribution is 2.32. The molecular weight excluding hydrogens is 488 g/mol. The van der Waals surface area contributed by atoms with Crippen molar-refractivity contribution in [2.24, 2.45) is 0 Å². The molecule has 1 heterocycles. The standard InChI is InChI=1S/C26H21ClN2O3S2/c27-22-11-5-4-10-21(22)24(30)28-29-25(31)23(34-26(29)33)17-19-12-14-20(15-13-19)32-16-6-9-18-7-2-1-3-8-18/h1-5,7-8,10-15,17H,6,9,16H2,(H,28,30)/b23-17-. The molecule has 5 nitrogen and oxygen atoms in total. The average Bonchev–Trinajstić information content (AvgIpc) is 3.11. The zero-order valence-electron chi connectivity index (χ0n) is 18.1. The van der Waals surface area contributed by atoms with E-state index in [1.165, 1.54) is 5.56 Å². The number of aryl methyl sites for hydroxylation is 1. The van der Waals surface area contributed by atoms with Crippen molar-refractivity contribution >= 4 is 57.8 Å². The third-order valence-corrected chi connectivity index (χ3v) is 6.66. The van der Waals surface area contributed by atoms with Crippen LogP contribution in [-0.2, 0) is 11.2 Å². The van der Waals surface area contributed by atoms with Crippen LogP contribution in [-0.4, -0.2) is 27.8 Å². The van der Waals surface area contributed by atoms with Gasteiger partial charge in [-0.25, -0.2) is 0 Å². The lowest BCUT2D eigenvalue weighted by Gasteiger charge is -2.16. The van der Waals surface area contributed by atoms with Crippen LogP contribution in [0.2, 0.25) is 5.02 Å². The number of benzene rings is 3. The number of carbonyl (C=O) groups is 2. The molecule has 2 amide bonds. The second-order valence-electron chi connectivity index (χ2n) is 7.44. The van der Waals surface area contributed by atoms with Crippen molar-refractivity contribution in [3.63, 3.8) is 0 Å². The number of halogens is 1. The number of amides is 2. The van der Waals surface area contributed by atoms with Crippen LogP contribution < -0.4 is 10.2 Å². The lowest BCUT2D eigenvalue weighted by atomic mass is 10.1. The smallest absolute Gasteiger partial charge is 0.285 e. The van der Waals surface area contributed by atoms with Gasteiger partial charge in [0, 0.05) is 0 Å². The second-order valence-corrected chi connectivity index (χ2v) is 9.53. The van der Waals surface area contributed by atoms with Gasteiger partial charge in [-0.2, -0.15) is 5.01 Å². The summed E-state index contributed by atoms with van der Waals surface area (Å²) in [5.41, 5.74) is 4.93. The molecule has 34 heavy (non-hydrogen) atoms. The van der Waals surface area contributed by atoms with Gasteiger partial charge in [0.2, 0.25) is 0 Å². The molecule has 172 valence electrons. The summed E-state index contributed by atoms with van der Waals surface area (Å²) in [4.78, 5) is 25.7. The van der Waals surface area contributed by atoms with Crippen LogP contribution in [0.25, 0.3) is 6.08 Å². The fraction of sp³-hybridized carbons (Fsp3) is 0.115. The van der Waals surface area contributed by atoms with Crippen LogP contribution in [0, 0.1) is 0 Å². The van der Waals surface area contributed by atoms with Gasteiger partial charge in [0.05, 0.1) is 22.1 Å². The Morgan fingerprint density at radius 1 is 1.03 bits per heavy atom. The second kappa shape index (κ2) is 11.3. The normalized spacial score (nSPS) is 14.5. The van der Waals surface area contributed by atoms with Gasteiger partial charge in [-0.15, -0.1) is 0 Å². The molecule has 1 aliphatic rings. The zero-order chi connectivity index (χ0) is 23.9. The summed E-state index contributed by atoms with van der Waals surface area (Å²) in [7, 11) is 0. The predicted molar refractivity (Wildman–Crippen MR) is 141 cm³/mol. The molecule has 1 fully saturated rings. The fourth-order valence-corrected chi connectivity index (χ4v) is 4.69. The lowest BCUT2D eigenvalue weighted by Crippen LogP contribution is -2.44. The number of carbonyl (C=O) groups excluding carboxylic acids is 2. The van der Waals surface area contributed by atoms with Crippen LogP contribution in [0.3, 0.4) is 0 Å². The van der Waals surface area contributed by atoms with E-state index >= 15 is 0 Å². The van der Waals surface area contributed by atoms with Crippen LogP contribution in [0.15, 0.2) is 83.8 Å². The summed E-state index contributed by atoms with van der Waals surface area (Å²) in [5.74, 6) is -0.127. The molecule has 0 bridgehead atoms. The molecule has 0 aliphatic carbocycles. The predicted octanol–water partition coefficient (Wildman–Crippen LogP) is 5.90. The number of hydrogen-bond donors (Lipinski definition) is 1. The summed E-state index contributed by atoms with van der Waals surface area (Å²) in [5, 5.41) is 1.37. The average molecular weight is 509 g/mol. The SMILES string of the molecule is O=C(NN1C(=O)/C(=C/c2ccc(OCCCc3ccccc3)cc2)SC1=S)c1ccccc1Cl. The van der Waals surface area contributed by atoms with Crippen molar-refractivity contribution in [1.29, 1.82) is 0 Å². The van der Waals surface area contributed by atoms with E-state index in [1.54, 1.807) is 30.3 Å². The minimum atomic E-state index is -0.503. The molecule has 8 heteroatoms. The minimum Gasteiger partial charge on any atom is -0.494 e. The Morgan fingerprint density at radius 3 is 2.47 bits per heavy atom. The number of hydrogen-bond acceptors (Lipinski definition) is 5. The van der Waals surface area contributed by atoms with Crippen LogP contribution in [0.5, 0.6) is 5.75 Å². The van der Waals surface area contributed by atoms with Crippen molar-refractivity contribution < 1.29 is 14.3 Å². The summed E-state index contributed by atoms with van der Waals surface area (Å²) in [6, 6.07) is 24.4. The number of thiocarbonyl (C=S) groups is 1. The lowest BCUT2D eigenvalue weighted by molar-refractivity contribution is -0.123. The van der Waals surface area contributed by atoms with Gasteiger partial charge < -0.3 is 4.74 Å². The largest absolute Gasteiger partial charge is 0.494 e. The first-order valence-corrected chi connectivity index (χ1v) is 12.2.